The molecule has 0 aliphatic rings. The molecule has 0 bridgehead atoms. The molecular weight excluding hydrogens is 220 g/mol. The first-order chi connectivity index (χ1) is 6.97. The molecule has 0 atom stereocenters. The van der Waals surface area contributed by atoms with Crippen LogP contribution in [0.5, 0.6) is 0 Å². The Hall–Kier alpha value is -1.50. The van der Waals surface area contributed by atoms with E-state index in [4.69, 9.17) is 0 Å². The van der Waals surface area contributed by atoms with Crippen LogP contribution < -0.4 is 0 Å². The molecule has 0 aromatic carbocycles. The number of pyridine rings is 1. The van der Waals surface area contributed by atoms with E-state index in [0.29, 0.717) is 6.42 Å². The van der Waals surface area contributed by atoms with Crippen molar-refractivity contribution in [3.8, 4) is 0 Å². The van der Waals surface area contributed by atoms with Gasteiger partial charge >= 0.3 is 0 Å². The summed E-state index contributed by atoms with van der Waals surface area (Å²) in [6.07, 6.45) is 1.43. The second-order valence-electron chi connectivity index (χ2n) is 2.93. The number of rotatable bonds is 4. The van der Waals surface area contributed by atoms with Crippen LogP contribution in [0.4, 0.5) is 5.69 Å². The largest absolute Gasteiger partial charge is 0.287 e. The van der Waals surface area contributed by atoms with Crippen LogP contribution in [0.2, 0.25) is 0 Å². The Morgan fingerprint density at radius 3 is 2.53 bits per heavy atom. The molecule has 0 radical (unpaired) electrons. The van der Waals surface area contributed by atoms with E-state index in [1.807, 2.05) is 0 Å². The molecule has 0 saturated heterocycles. The average Bonchev–Trinajstić information content (AvgIpc) is 2.18. The second kappa shape index (κ2) is 4.35. The van der Waals surface area contributed by atoms with E-state index < -0.39 is 14.8 Å². The predicted octanol–water partition coefficient (Wildman–Crippen LogP) is 1.17. The van der Waals surface area contributed by atoms with Crippen molar-refractivity contribution in [2.24, 2.45) is 0 Å². The van der Waals surface area contributed by atoms with Crippen molar-refractivity contribution in [1.29, 1.82) is 0 Å². The molecule has 0 aliphatic carbocycles. The molecule has 0 spiro atoms. The molecule has 7 heteroatoms. The molecule has 6 nitrogen and oxygen atoms in total. The zero-order chi connectivity index (χ0) is 11.5. The molecule has 1 aromatic rings. The van der Waals surface area contributed by atoms with Gasteiger partial charge in [0.25, 0.3) is 5.69 Å². The van der Waals surface area contributed by atoms with Crippen LogP contribution in [0.3, 0.4) is 0 Å². The van der Waals surface area contributed by atoms with Crippen molar-refractivity contribution in [3.63, 3.8) is 0 Å². The van der Waals surface area contributed by atoms with Gasteiger partial charge in [0.15, 0.2) is 14.9 Å². The van der Waals surface area contributed by atoms with Crippen molar-refractivity contribution < 1.29 is 13.3 Å². The van der Waals surface area contributed by atoms with Gasteiger partial charge in [-0.15, -0.1) is 0 Å². The fourth-order valence-electron chi connectivity index (χ4n) is 1.04. The first-order valence-corrected chi connectivity index (χ1v) is 5.96. The summed E-state index contributed by atoms with van der Waals surface area (Å²) in [6.45, 7) is 1.74. The summed E-state index contributed by atoms with van der Waals surface area (Å²) in [6, 6.07) is 2.29. The van der Waals surface area contributed by atoms with Crippen molar-refractivity contribution >= 4 is 15.5 Å². The van der Waals surface area contributed by atoms with Crippen LogP contribution in [0.15, 0.2) is 23.4 Å². The molecule has 0 unspecified atom stereocenters. The molecule has 0 aliphatic heterocycles. The third-order valence-electron chi connectivity index (χ3n) is 1.72. The van der Waals surface area contributed by atoms with Gasteiger partial charge in [0, 0.05) is 6.07 Å². The van der Waals surface area contributed by atoms with Gasteiger partial charge in [-0.2, -0.15) is 0 Å². The average molecular weight is 230 g/mol. The number of hydrogen-bond donors (Lipinski definition) is 0. The van der Waals surface area contributed by atoms with Gasteiger partial charge in [-0.25, -0.2) is 13.4 Å². The summed E-state index contributed by atoms with van der Waals surface area (Å²) in [5, 5.41) is 10.2. The summed E-state index contributed by atoms with van der Waals surface area (Å²) in [7, 11) is -3.39. The maximum atomic E-state index is 11.5. The summed E-state index contributed by atoms with van der Waals surface area (Å²) in [5.74, 6) is -0.00217. The lowest BCUT2D eigenvalue weighted by Gasteiger charge is -2.00. The van der Waals surface area contributed by atoms with Crippen LogP contribution in [-0.2, 0) is 9.84 Å². The molecule has 0 N–H and O–H groups in total. The quantitative estimate of drug-likeness (QED) is 0.572. The SMILES string of the molecule is CCCS(=O)(=O)c1ccc([N+](=O)[O-])cn1. The molecular formula is C8H10N2O4S. The highest BCUT2D eigenvalue weighted by molar-refractivity contribution is 7.91. The molecule has 0 saturated carbocycles. The number of sulfone groups is 1. The Bertz CT molecular complexity index is 452. The van der Waals surface area contributed by atoms with Gasteiger partial charge in [-0.05, 0) is 12.5 Å². The topological polar surface area (TPSA) is 90.2 Å². The van der Waals surface area contributed by atoms with E-state index in [9.17, 15) is 18.5 Å². The molecule has 1 aromatic heterocycles. The lowest BCUT2D eigenvalue weighted by atomic mass is 10.4. The Labute approximate surface area is 87.0 Å². The number of nitrogens with zero attached hydrogens (tertiary/aromatic N) is 2. The van der Waals surface area contributed by atoms with Crippen LogP contribution in [0.1, 0.15) is 13.3 Å². The van der Waals surface area contributed by atoms with Gasteiger partial charge in [0.1, 0.15) is 6.20 Å². The third kappa shape index (κ3) is 2.72. The van der Waals surface area contributed by atoms with E-state index in [-0.39, 0.29) is 16.5 Å². The van der Waals surface area contributed by atoms with Crippen molar-refractivity contribution in [2.45, 2.75) is 18.4 Å². The van der Waals surface area contributed by atoms with Gasteiger partial charge in [-0.3, -0.25) is 10.1 Å². The third-order valence-corrected chi connectivity index (χ3v) is 3.55. The zero-order valence-electron chi connectivity index (χ0n) is 8.08. The summed E-state index contributed by atoms with van der Waals surface area (Å²) in [5.41, 5.74) is -0.217. The lowest BCUT2D eigenvalue weighted by molar-refractivity contribution is -0.385. The highest BCUT2D eigenvalue weighted by Gasteiger charge is 2.16. The van der Waals surface area contributed by atoms with Crippen molar-refractivity contribution in [3.05, 3.63) is 28.4 Å². The minimum absolute atomic E-state index is 0.00217. The summed E-state index contributed by atoms with van der Waals surface area (Å²) >= 11 is 0. The van der Waals surface area contributed by atoms with Gasteiger partial charge < -0.3 is 0 Å². The number of aromatic nitrogens is 1. The normalized spacial score (nSPS) is 11.3. The predicted molar refractivity (Wildman–Crippen MR) is 53.2 cm³/mol. The van der Waals surface area contributed by atoms with E-state index in [1.165, 1.54) is 0 Å². The van der Waals surface area contributed by atoms with Gasteiger partial charge in [0.2, 0.25) is 0 Å². The number of hydrogen-bond acceptors (Lipinski definition) is 5. The van der Waals surface area contributed by atoms with Gasteiger partial charge in [-0.1, -0.05) is 6.92 Å². The molecule has 0 amide bonds. The second-order valence-corrected chi connectivity index (χ2v) is 4.99. The first kappa shape index (κ1) is 11.6. The molecule has 1 heterocycles. The fourth-order valence-corrected chi connectivity index (χ4v) is 2.27. The minimum Gasteiger partial charge on any atom is -0.258 e. The Morgan fingerprint density at radius 2 is 2.13 bits per heavy atom. The Kier molecular flexibility index (Phi) is 3.35. The smallest absolute Gasteiger partial charge is 0.258 e. The van der Waals surface area contributed by atoms with Crippen LogP contribution >= 0.6 is 0 Å². The van der Waals surface area contributed by atoms with Gasteiger partial charge in [0.05, 0.1) is 10.7 Å². The number of nitro groups is 1. The monoisotopic (exact) mass is 230 g/mol. The summed E-state index contributed by atoms with van der Waals surface area (Å²) < 4.78 is 23.0. The molecule has 82 valence electrons. The van der Waals surface area contributed by atoms with E-state index in [2.05, 4.69) is 4.98 Å². The Morgan fingerprint density at radius 1 is 1.47 bits per heavy atom. The van der Waals surface area contributed by atoms with Crippen molar-refractivity contribution in [1.82, 2.24) is 4.98 Å². The van der Waals surface area contributed by atoms with E-state index >= 15 is 0 Å². The zero-order valence-corrected chi connectivity index (χ0v) is 8.90. The van der Waals surface area contributed by atoms with Crippen LogP contribution in [0, 0.1) is 10.1 Å². The van der Waals surface area contributed by atoms with E-state index in [0.717, 1.165) is 18.3 Å². The van der Waals surface area contributed by atoms with Crippen LogP contribution in [-0.4, -0.2) is 24.1 Å². The van der Waals surface area contributed by atoms with E-state index in [1.54, 1.807) is 6.92 Å². The fraction of sp³-hybridized carbons (Fsp3) is 0.375. The maximum Gasteiger partial charge on any atom is 0.287 e. The highest BCUT2D eigenvalue weighted by atomic mass is 32.2. The molecule has 0 fully saturated rings. The summed E-state index contributed by atoms with van der Waals surface area (Å²) in [4.78, 5) is 13.2. The van der Waals surface area contributed by atoms with Crippen LogP contribution in [0.25, 0.3) is 0 Å². The standard InChI is InChI=1S/C8H10N2O4S/c1-2-5-15(13,14)8-4-3-7(6-9-8)10(11)12/h3-4,6H,2,5H2,1H3. The lowest BCUT2D eigenvalue weighted by Crippen LogP contribution is -2.07. The molecule has 15 heavy (non-hydrogen) atoms. The minimum atomic E-state index is -3.39. The molecule has 1 rings (SSSR count). The van der Waals surface area contributed by atoms with Crippen molar-refractivity contribution in [2.75, 3.05) is 5.75 Å². The Balaban J connectivity index is 3.04. The maximum absolute atomic E-state index is 11.5. The highest BCUT2D eigenvalue weighted by Crippen LogP contribution is 2.13. The first-order valence-electron chi connectivity index (χ1n) is 4.30.